The quantitative estimate of drug-likeness (QED) is 0.911. The molecule has 2 N–H and O–H groups in total. The summed E-state index contributed by atoms with van der Waals surface area (Å²) in [7, 11) is 1.61. The number of dihydropyridines is 1. The number of hydrogen-bond donors (Lipinski definition) is 1. The molecule has 1 aliphatic carbocycles. The summed E-state index contributed by atoms with van der Waals surface area (Å²) >= 11 is 0. The van der Waals surface area contributed by atoms with Crippen molar-refractivity contribution < 1.29 is 13.5 Å². The number of methoxy groups -OCH3 is 1. The Balaban J connectivity index is 1.51. The van der Waals surface area contributed by atoms with Crippen molar-refractivity contribution in [3.63, 3.8) is 0 Å². The molecule has 3 heterocycles. The van der Waals surface area contributed by atoms with Gasteiger partial charge in [-0.1, -0.05) is 6.08 Å². The van der Waals surface area contributed by atoms with Crippen molar-refractivity contribution in [2.75, 3.05) is 7.11 Å². The van der Waals surface area contributed by atoms with Crippen LogP contribution in [-0.2, 0) is 4.74 Å². The van der Waals surface area contributed by atoms with Crippen LogP contribution in [-0.4, -0.2) is 40.6 Å². The Bertz CT molecular complexity index is 689. The monoisotopic (exact) mass is 350 g/mol. The van der Waals surface area contributed by atoms with E-state index in [9.17, 15) is 8.78 Å². The normalized spacial score (nSPS) is 32.0. The van der Waals surface area contributed by atoms with E-state index < -0.39 is 5.92 Å². The van der Waals surface area contributed by atoms with E-state index >= 15 is 0 Å². The van der Waals surface area contributed by atoms with Gasteiger partial charge in [-0.15, -0.1) is 0 Å². The van der Waals surface area contributed by atoms with Gasteiger partial charge in [0.25, 0.3) is 0 Å². The summed E-state index contributed by atoms with van der Waals surface area (Å²) in [6, 6.07) is 0.0197. The molecule has 0 spiro atoms. The van der Waals surface area contributed by atoms with Crippen LogP contribution in [0.5, 0.6) is 0 Å². The van der Waals surface area contributed by atoms with E-state index in [0.717, 1.165) is 12.1 Å². The molecule has 1 aromatic heterocycles. The fraction of sp³-hybridized carbons (Fsp3) is 0.667. The summed E-state index contributed by atoms with van der Waals surface area (Å²) in [6.45, 7) is 0. The molecule has 25 heavy (non-hydrogen) atoms. The molecule has 0 saturated heterocycles. The Morgan fingerprint density at radius 3 is 2.88 bits per heavy atom. The summed E-state index contributed by atoms with van der Waals surface area (Å²) < 4.78 is 34.3. The predicted molar refractivity (Wildman–Crippen MR) is 90.9 cm³/mol. The predicted octanol–water partition coefficient (Wildman–Crippen LogP) is 3.05. The second-order valence-corrected chi connectivity index (χ2v) is 7.43. The van der Waals surface area contributed by atoms with E-state index in [1.54, 1.807) is 7.11 Å². The third-order valence-corrected chi connectivity index (χ3v) is 5.97. The van der Waals surface area contributed by atoms with Gasteiger partial charge in [0.15, 0.2) is 0 Å². The number of hydrogen-bond acceptors (Lipinski definition) is 4. The van der Waals surface area contributed by atoms with Crippen LogP contribution in [0.1, 0.15) is 49.8 Å². The minimum absolute atomic E-state index is 0.0361. The molecule has 1 fully saturated rings. The van der Waals surface area contributed by atoms with E-state index in [0.29, 0.717) is 18.7 Å². The number of nitrogens with two attached hydrogens (primary N) is 1. The Morgan fingerprint density at radius 1 is 1.40 bits per heavy atom. The van der Waals surface area contributed by atoms with Gasteiger partial charge in [-0.05, 0) is 31.3 Å². The smallest absolute Gasteiger partial charge is 0.248 e. The van der Waals surface area contributed by atoms with E-state index in [2.05, 4.69) is 15.6 Å². The summed E-state index contributed by atoms with van der Waals surface area (Å²) in [5.41, 5.74) is 7.59. The maximum atomic E-state index is 13.4. The number of rotatable bonds is 3. The maximum Gasteiger partial charge on any atom is 0.248 e. The van der Waals surface area contributed by atoms with E-state index in [1.807, 2.05) is 18.6 Å². The number of alkyl halides is 2. The van der Waals surface area contributed by atoms with Gasteiger partial charge in [-0.3, -0.25) is 0 Å². The second kappa shape index (κ2) is 6.20. The van der Waals surface area contributed by atoms with Crippen LogP contribution in [0.2, 0.25) is 0 Å². The van der Waals surface area contributed by atoms with Crippen LogP contribution >= 0.6 is 0 Å². The number of nitrogens with zero attached hydrogens (tertiary/aromatic N) is 3. The number of aromatic nitrogens is 2. The topological polar surface area (TPSA) is 65.4 Å². The molecule has 0 aromatic carbocycles. The Morgan fingerprint density at radius 2 is 2.16 bits per heavy atom. The highest BCUT2D eigenvalue weighted by Crippen LogP contribution is 2.45. The zero-order valence-electron chi connectivity index (χ0n) is 14.3. The minimum atomic E-state index is -2.52. The van der Waals surface area contributed by atoms with Crippen molar-refractivity contribution in [3.05, 3.63) is 30.4 Å². The average Bonchev–Trinajstić information content (AvgIpc) is 3.17. The summed E-state index contributed by atoms with van der Waals surface area (Å²) in [6.07, 6.45) is 9.32. The van der Waals surface area contributed by atoms with Gasteiger partial charge >= 0.3 is 0 Å². The maximum absolute atomic E-state index is 13.4. The van der Waals surface area contributed by atoms with Crippen LogP contribution in [0.4, 0.5) is 8.78 Å². The number of imidazole rings is 1. The van der Waals surface area contributed by atoms with Crippen molar-refractivity contribution in [1.29, 1.82) is 0 Å². The van der Waals surface area contributed by atoms with E-state index in [1.165, 1.54) is 0 Å². The lowest BCUT2D eigenvalue weighted by Crippen LogP contribution is -2.39. The molecule has 4 unspecified atom stereocenters. The second-order valence-electron chi connectivity index (χ2n) is 7.43. The first-order valence-corrected chi connectivity index (χ1v) is 8.93. The van der Waals surface area contributed by atoms with Crippen molar-refractivity contribution in [3.8, 4) is 0 Å². The van der Waals surface area contributed by atoms with Crippen molar-refractivity contribution in [2.45, 2.75) is 62.1 Å². The number of fused-ring (bicyclic) bond motifs is 3. The molecule has 1 aromatic rings. The largest absolute Gasteiger partial charge is 0.481 e. The van der Waals surface area contributed by atoms with Crippen molar-refractivity contribution >= 4 is 5.90 Å². The van der Waals surface area contributed by atoms with E-state index in [-0.39, 0.29) is 42.8 Å². The molecule has 3 aliphatic rings. The van der Waals surface area contributed by atoms with Gasteiger partial charge in [-0.25, -0.2) is 18.8 Å². The lowest BCUT2D eigenvalue weighted by Gasteiger charge is -2.34. The highest BCUT2D eigenvalue weighted by atomic mass is 19.3. The number of ether oxygens (including phenoxy) is 1. The van der Waals surface area contributed by atoms with Crippen LogP contribution in [0.15, 0.2) is 29.7 Å². The van der Waals surface area contributed by atoms with Crippen LogP contribution in [0.25, 0.3) is 0 Å². The molecule has 1 saturated carbocycles. The van der Waals surface area contributed by atoms with Crippen LogP contribution < -0.4 is 5.73 Å². The van der Waals surface area contributed by atoms with Crippen LogP contribution in [0, 0.1) is 5.92 Å². The third kappa shape index (κ3) is 2.99. The molecule has 7 heteroatoms. The summed E-state index contributed by atoms with van der Waals surface area (Å²) in [5.74, 6) is -1.57. The first-order chi connectivity index (χ1) is 12.0. The molecular formula is C18H24F2N4O. The minimum Gasteiger partial charge on any atom is -0.481 e. The van der Waals surface area contributed by atoms with Crippen molar-refractivity contribution in [2.24, 2.45) is 16.6 Å². The Hall–Kier alpha value is -1.76. The van der Waals surface area contributed by atoms with Gasteiger partial charge in [0.2, 0.25) is 11.8 Å². The van der Waals surface area contributed by atoms with Gasteiger partial charge in [0, 0.05) is 36.7 Å². The molecule has 0 radical (unpaired) electrons. The van der Waals surface area contributed by atoms with Gasteiger partial charge in [0.1, 0.15) is 0 Å². The third-order valence-electron chi connectivity index (χ3n) is 5.97. The first-order valence-electron chi connectivity index (χ1n) is 8.93. The molecule has 2 aliphatic heterocycles. The fourth-order valence-corrected chi connectivity index (χ4v) is 4.52. The zero-order valence-corrected chi connectivity index (χ0v) is 14.3. The number of aliphatic imine (C=N–C) groups is 1. The SMILES string of the molecule is COC1=NC2C(C=C1)c1cncn1C2CC(N)C1CCC(F)(F)CC1. The molecule has 4 atom stereocenters. The first kappa shape index (κ1) is 16.7. The molecular weight excluding hydrogens is 326 g/mol. The van der Waals surface area contributed by atoms with Crippen molar-refractivity contribution in [1.82, 2.24) is 9.55 Å². The zero-order chi connectivity index (χ0) is 17.6. The molecule has 136 valence electrons. The Labute approximate surface area is 146 Å². The highest BCUT2D eigenvalue weighted by molar-refractivity contribution is 5.89. The summed E-state index contributed by atoms with van der Waals surface area (Å²) in [5, 5.41) is 0. The highest BCUT2D eigenvalue weighted by Gasteiger charge is 2.44. The molecule has 4 rings (SSSR count). The molecule has 0 bridgehead atoms. The van der Waals surface area contributed by atoms with Gasteiger partial charge < -0.3 is 15.0 Å². The average molecular weight is 350 g/mol. The number of halogens is 2. The van der Waals surface area contributed by atoms with Gasteiger partial charge in [0.05, 0.1) is 25.5 Å². The Kier molecular flexibility index (Phi) is 4.14. The summed E-state index contributed by atoms with van der Waals surface area (Å²) in [4.78, 5) is 9.01. The standard InChI is InChI=1S/C18H24F2N4O/c1-25-16-3-2-12-15-9-22-10-24(15)14(17(12)23-16)8-13(21)11-4-6-18(19,20)7-5-11/h2-3,9-14,17H,4-8,21H2,1H3. The van der Waals surface area contributed by atoms with Gasteiger partial charge in [-0.2, -0.15) is 0 Å². The van der Waals surface area contributed by atoms with E-state index in [4.69, 9.17) is 15.5 Å². The molecule has 0 amide bonds. The lowest BCUT2D eigenvalue weighted by molar-refractivity contribution is -0.0488. The van der Waals surface area contributed by atoms with Crippen LogP contribution in [0.3, 0.4) is 0 Å². The lowest BCUT2D eigenvalue weighted by atomic mass is 9.79. The molecule has 5 nitrogen and oxygen atoms in total. The fourth-order valence-electron chi connectivity index (χ4n) is 4.52.